The van der Waals surface area contributed by atoms with E-state index in [-0.39, 0.29) is 30.4 Å². The second-order valence-corrected chi connectivity index (χ2v) is 7.02. The van der Waals surface area contributed by atoms with Crippen molar-refractivity contribution in [1.29, 1.82) is 0 Å². The van der Waals surface area contributed by atoms with Crippen LogP contribution in [0.15, 0.2) is 42.5 Å². The molecule has 1 aliphatic rings. The van der Waals surface area contributed by atoms with Crippen LogP contribution in [0.2, 0.25) is 0 Å². The Labute approximate surface area is 167 Å². The molecule has 9 heteroatoms. The van der Waals surface area contributed by atoms with Gasteiger partial charge in [0, 0.05) is 11.8 Å². The largest absolute Gasteiger partial charge is 0.493 e. The first-order valence-corrected chi connectivity index (χ1v) is 9.08. The molecule has 3 rings (SSSR count). The minimum Gasteiger partial charge on any atom is -0.493 e. The van der Waals surface area contributed by atoms with Crippen LogP contribution in [0.25, 0.3) is 0 Å². The molecular formula is C20H21N3O6. The van der Waals surface area contributed by atoms with Crippen LogP contribution >= 0.6 is 0 Å². The zero-order valence-electron chi connectivity index (χ0n) is 16.1. The number of fused-ring (bicyclic) bond motifs is 1. The van der Waals surface area contributed by atoms with E-state index in [1.165, 1.54) is 23.1 Å². The number of nitro benzene ring substituents is 1. The van der Waals surface area contributed by atoms with Crippen LogP contribution in [0.3, 0.4) is 0 Å². The highest BCUT2D eigenvalue weighted by Gasteiger charge is 2.27. The number of benzene rings is 2. The molecule has 1 aliphatic heterocycles. The first kappa shape index (κ1) is 20.1. The summed E-state index contributed by atoms with van der Waals surface area (Å²) in [4.78, 5) is 36.1. The van der Waals surface area contributed by atoms with Crippen LogP contribution in [0.5, 0.6) is 11.5 Å². The maximum absolute atomic E-state index is 12.4. The number of hydrogen-bond donors (Lipinski definition) is 1. The number of hydrogen-bond acceptors (Lipinski definition) is 7. The van der Waals surface area contributed by atoms with Crippen molar-refractivity contribution < 1.29 is 24.0 Å². The van der Waals surface area contributed by atoms with Gasteiger partial charge in [-0.25, -0.2) is 4.79 Å². The molecule has 1 N–H and O–H groups in total. The normalized spacial score (nSPS) is 12.9. The van der Waals surface area contributed by atoms with Crippen molar-refractivity contribution in [2.24, 2.45) is 5.92 Å². The highest BCUT2D eigenvalue weighted by Crippen LogP contribution is 2.35. The number of nitrogens with zero attached hydrogens (tertiary/aromatic N) is 2. The number of esters is 1. The van der Waals surface area contributed by atoms with Gasteiger partial charge in [-0.1, -0.05) is 13.8 Å². The standard InChI is InChI=1S/C20H21N3O6/c1-13(2)12-28-16-6-3-14(4-7-16)21-19(24)10-22-11-20(25)29-18-9-15(23(26)27)5-8-17(18)22/h3-9,13H,10-12H2,1-2H3,(H,21,24). The van der Waals surface area contributed by atoms with Crippen molar-refractivity contribution in [3.63, 3.8) is 0 Å². The van der Waals surface area contributed by atoms with Crippen LogP contribution < -0.4 is 19.7 Å². The second kappa shape index (κ2) is 8.59. The summed E-state index contributed by atoms with van der Waals surface area (Å²) in [5.74, 6) is 0.271. The lowest BCUT2D eigenvalue weighted by atomic mass is 10.2. The summed E-state index contributed by atoms with van der Waals surface area (Å²) in [6.45, 7) is 4.49. The molecule has 1 amide bonds. The minimum atomic E-state index is -0.586. The fraction of sp³-hybridized carbons (Fsp3) is 0.300. The number of nitro groups is 1. The molecule has 2 aromatic carbocycles. The fourth-order valence-electron chi connectivity index (χ4n) is 2.77. The topological polar surface area (TPSA) is 111 Å². The Kier molecular flexibility index (Phi) is 5.96. The molecule has 152 valence electrons. The number of carbonyl (C=O) groups is 2. The van der Waals surface area contributed by atoms with Crippen molar-refractivity contribution >= 4 is 28.9 Å². The molecule has 0 saturated heterocycles. The van der Waals surface area contributed by atoms with E-state index < -0.39 is 10.9 Å². The Balaban J connectivity index is 1.65. The van der Waals surface area contributed by atoms with Gasteiger partial charge < -0.3 is 19.7 Å². The van der Waals surface area contributed by atoms with Gasteiger partial charge in [0.05, 0.1) is 29.8 Å². The van der Waals surface area contributed by atoms with Crippen molar-refractivity contribution in [2.75, 3.05) is 29.9 Å². The summed E-state index contributed by atoms with van der Waals surface area (Å²) < 4.78 is 10.7. The van der Waals surface area contributed by atoms with E-state index >= 15 is 0 Å². The Bertz CT molecular complexity index is 926. The molecule has 0 radical (unpaired) electrons. The van der Waals surface area contributed by atoms with E-state index in [1.54, 1.807) is 24.3 Å². The van der Waals surface area contributed by atoms with Gasteiger partial charge in [0.15, 0.2) is 5.75 Å². The third-order valence-electron chi connectivity index (χ3n) is 4.09. The lowest BCUT2D eigenvalue weighted by Gasteiger charge is -2.28. The van der Waals surface area contributed by atoms with E-state index in [9.17, 15) is 19.7 Å². The average Bonchev–Trinajstić information content (AvgIpc) is 2.66. The van der Waals surface area contributed by atoms with Gasteiger partial charge in [-0.15, -0.1) is 0 Å². The van der Waals surface area contributed by atoms with E-state index in [1.807, 2.05) is 0 Å². The van der Waals surface area contributed by atoms with Gasteiger partial charge in [0.2, 0.25) is 5.91 Å². The number of ether oxygens (including phenoxy) is 2. The predicted octanol–water partition coefficient (Wildman–Crippen LogP) is 2.99. The number of carbonyl (C=O) groups excluding carboxylic acids is 2. The molecule has 0 bridgehead atoms. The first-order valence-electron chi connectivity index (χ1n) is 9.08. The van der Waals surface area contributed by atoms with Crippen molar-refractivity contribution in [3.8, 4) is 11.5 Å². The monoisotopic (exact) mass is 399 g/mol. The molecule has 9 nitrogen and oxygen atoms in total. The van der Waals surface area contributed by atoms with E-state index in [0.717, 1.165) is 0 Å². The maximum atomic E-state index is 12.4. The Morgan fingerprint density at radius 1 is 1.28 bits per heavy atom. The van der Waals surface area contributed by atoms with Crippen LogP contribution in [0.1, 0.15) is 13.8 Å². The molecule has 1 heterocycles. The zero-order valence-corrected chi connectivity index (χ0v) is 16.1. The van der Waals surface area contributed by atoms with Gasteiger partial charge >= 0.3 is 5.97 Å². The van der Waals surface area contributed by atoms with E-state index in [0.29, 0.717) is 29.6 Å². The number of nitrogens with one attached hydrogen (secondary N) is 1. The molecule has 0 aromatic heterocycles. The van der Waals surface area contributed by atoms with Crippen LogP contribution in [0.4, 0.5) is 17.1 Å². The van der Waals surface area contributed by atoms with Gasteiger partial charge in [-0.3, -0.25) is 14.9 Å². The van der Waals surface area contributed by atoms with Crippen molar-refractivity contribution in [1.82, 2.24) is 0 Å². The van der Waals surface area contributed by atoms with Gasteiger partial charge in [0.1, 0.15) is 12.3 Å². The van der Waals surface area contributed by atoms with Crippen molar-refractivity contribution in [3.05, 3.63) is 52.6 Å². The minimum absolute atomic E-state index is 0.0647. The second-order valence-electron chi connectivity index (χ2n) is 7.02. The summed E-state index contributed by atoms with van der Waals surface area (Å²) in [7, 11) is 0. The molecule has 0 fully saturated rings. The molecule has 0 spiro atoms. The van der Waals surface area contributed by atoms with Crippen LogP contribution in [-0.2, 0) is 9.59 Å². The highest BCUT2D eigenvalue weighted by molar-refractivity contribution is 5.96. The maximum Gasteiger partial charge on any atom is 0.331 e. The Hall–Kier alpha value is -3.62. The van der Waals surface area contributed by atoms with Gasteiger partial charge in [-0.05, 0) is 36.2 Å². The predicted molar refractivity (Wildman–Crippen MR) is 106 cm³/mol. The quantitative estimate of drug-likeness (QED) is 0.330. The molecule has 0 atom stereocenters. The van der Waals surface area contributed by atoms with Crippen LogP contribution in [-0.4, -0.2) is 36.5 Å². The lowest BCUT2D eigenvalue weighted by molar-refractivity contribution is -0.384. The van der Waals surface area contributed by atoms with E-state index in [2.05, 4.69) is 19.2 Å². The smallest absolute Gasteiger partial charge is 0.331 e. The molecular weight excluding hydrogens is 378 g/mol. The molecule has 2 aromatic rings. The third kappa shape index (κ3) is 5.22. The number of anilines is 2. The SMILES string of the molecule is CC(C)COc1ccc(NC(=O)CN2CC(=O)Oc3cc([N+](=O)[O-])ccc32)cc1. The fourth-order valence-corrected chi connectivity index (χ4v) is 2.77. The summed E-state index contributed by atoms with van der Waals surface area (Å²) in [6, 6.07) is 10.9. The number of amides is 1. The van der Waals surface area contributed by atoms with Crippen LogP contribution in [0, 0.1) is 16.0 Å². The third-order valence-corrected chi connectivity index (χ3v) is 4.09. The number of rotatable bonds is 7. The molecule has 0 saturated carbocycles. The number of non-ortho nitro benzene ring substituents is 1. The molecule has 0 unspecified atom stereocenters. The molecule has 29 heavy (non-hydrogen) atoms. The van der Waals surface area contributed by atoms with Crippen molar-refractivity contribution in [2.45, 2.75) is 13.8 Å². The van der Waals surface area contributed by atoms with Gasteiger partial charge in [-0.2, -0.15) is 0 Å². The summed E-state index contributed by atoms with van der Waals surface area (Å²) in [5, 5.41) is 13.7. The first-order chi connectivity index (χ1) is 13.8. The average molecular weight is 399 g/mol. The van der Waals surface area contributed by atoms with E-state index in [4.69, 9.17) is 9.47 Å². The molecule has 0 aliphatic carbocycles. The Morgan fingerprint density at radius 2 is 2.00 bits per heavy atom. The summed E-state index contributed by atoms with van der Waals surface area (Å²) in [5.41, 5.74) is 0.848. The Morgan fingerprint density at radius 3 is 2.66 bits per heavy atom. The zero-order chi connectivity index (χ0) is 21.0. The summed E-state index contributed by atoms with van der Waals surface area (Å²) >= 11 is 0. The lowest BCUT2D eigenvalue weighted by Crippen LogP contribution is -2.41. The van der Waals surface area contributed by atoms with Gasteiger partial charge in [0.25, 0.3) is 5.69 Å². The highest BCUT2D eigenvalue weighted by atomic mass is 16.6. The summed E-state index contributed by atoms with van der Waals surface area (Å²) in [6.07, 6.45) is 0.